The first-order chi connectivity index (χ1) is 11.1. The maximum absolute atomic E-state index is 12.9. The van der Waals surface area contributed by atoms with E-state index < -0.39 is 47.1 Å². The molecule has 3 heterocycles. The quantitative estimate of drug-likeness (QED) is 0.573. The summed E-state index contributed by atoms with van der Waals surface area (Å²) in [5.74, 6) is -2.63. The Morgan fingerprint density at radius 2 is 1.96 bits per heavy atom. The maximum Gasteiger partial charge on any atom is 0.416 e. The van der Waals surface area contributed by atoms with Gasteiger partial charge < -0.3 is 4.74 Å². The Balaban J connectivity index is 1.80. The summed E-state index contributed by atoms with van der Waals surface area (Å²) in [7, 11) is 0. The predicted molar refractivity (Wildman–Crippen MR) is 78.3 cm³/mol. The van der Waals surface area contributed by atoms with Gasteiger partial charge in [-0.2, -0.15) is 13.2 Å². The van der Waals surface area contributed by atoms with Crippen molar-refractivity contribution in [2.24, 2.45) is 11.8 Å². The van der Waals surface area contributed by atoms with Gasteiger partial charge in [0.2, 0.25) is 11.8 Å². The molecule has 4 atom stereocenters. The number of hydrogen-bond donors (Lipinski definition) is 0. The highest BCUT2D eigenvalue weighted by molar-refractivity contribution is 6.36. The second-order valence-corrected chi connectivity index (χ2v) is 6.71. The fourth-order valence-electron chi connectivity index (χ4n) is 3.75. The Morgan fingerprint density at radius 1 is 1.25 bits per heavy atom. The molecular formula is C16H11ClF3NO3. The van der Waals surface area contributed by atoms with Gasteiger partial charge in [-0.05, 0) is 25.1 Å². The standard InChI is InChI=1S/C16H11ClF3NO3/c1-15-5-4-10(24-15)11-12(15)14(23)21(13(11)22)9-6-7(16(18,19)20)2-3-8(9)17/h2-6,10-12H,1H3/t10-,11-,12+,15+/m0/s1. The van der Waals surface area contributed by atoms with Crippen molar-refractivity contribution in [3.8, 4) is 0 Å². The number of rotatable bonds is 1. The average Bonchev–Trinajstić information content (AvgIpc) is 3.08. The van der Waals surface area contributed by atoms with E-state index in [2.05, 4.69) is 0 Å². The fraction of sp³-hybridized carbons (Fsp3) is 0.375. The molecular weight excluding hydrogens is 347 g/mol. The van der Waals surface area contributed by atoms with E-state index in [9.17, 15) is 22.8 Å². The first-order valence-electron chi connectivity index (χ1n) is 7.25. The summed E-state index contributed by atoms with van der Waals surface area (Å²) in [6.45, 7) is 1.69. The molecule has 0 radical (unpaired) electrons. The van der Waals surface area contributed by atoms with Gasteiger partial charge in [-0.15, -0.1) is 0 Å². The number of halogens is 4. The molecule has 0 aromatic heterocycles. The molecule has 0 saturated carbocycles. The van der Waals surface area contributed by atoms with E-state index in [1.165, 1.54) is 0 Å². The molecule has 3 aliphatic rings. The van der Waals surface area contributed by atoms with Gasteiger partial charge in [0.1, 0.15) is 0 Å². The van der Waals surface area contributed by atoms with Crippen LogP contribution in [0.1, 0.15) is 12.5 Å². The van der Waals surface area contributed by atoms with Crippen molar-refractivity contribution in [1.82, 2.24) is 0 Å². The zero-order valence-electron chi connectivity index (χ0n) is 12.3. The van der Waals surface area contributed by atoms with E-state index in [0.717, 1.165) is 23.1 Å². The zero-order chi connectivity index (χ0) is 17.4. The number of carbonyl (C=O) groups is 2. The van der Waals surface area contributed by atoms with Crippen molar-refractivity contribution >= 4 is 29.1 Å². The van der Waals surface area contributed by atoms with Crippen molar-refractivity contribution in [1.29, 1.82) is 0 Å². The number of benzene rings is 1. The largest absolute Gasteiger partial charge is 0.416 e. The molecule has 24 heavy (non-hydrogen) atoms. The third kappa shape index (κ3) is 1.91. The molecule has 2 amide bonds. The van der Waals surface area contributed by atoms with Crippen LogP contribution in [0.2, 0.25) is 5.02 Å². The summed E-state index contributed by atoms with van der Waals surface area (Å²) in [6, 6.07) is 2.59. The first kappa shape index (κ1) is 15.7. The minimum absolute atomic E-state index is 0.0870. The van der Waals surface area contributed by atoms with Crippen LogP contribution in [0.4, 0.5) is 18.9 Å². The van der Waals surface area contributed by atoms with Gasteiger partial charge in [-0.25, -0.2) is 4.90 Å². The number of fused-ring (bicyclic) bond motifs is 5. The number of anilines is 1. The summed E-state index contributed by atoms with van der Waals surface area (Å²) in [4.78, 5) is 26.2. The molecule has 0 aliphatic carbocycles. The number of alkyl halides is 3. The second-order valence-electron chi connectivity index (χ2n) is 6.30. The molecule has 1 aromatic rings. The molecule has 0 N–H and O–H groups in total. The summed E-state index contributed by atoms with van der Waals surface area (Å²) in [6.07, 6.45) is -1.70. The Bertz CT molecular complexity index is 806. The molecule has 2 bridgehead atoms. The van der Waals surface area contributed by atoms with Gasteiger partial charge in [0.15, 0.2) is 0 Å². The number of imide groups is 1. The number of amides is 2. The van der Waals surface area contributed by atoms with Gasteiger partial charge in [0.05, 0.1) is 39.8 Å². The van der Waals surface area contributed by atoms with E-state index in [-0.39, 0.29) is 10.7 Å². The highest BCUT2D eigenvalue weighted by Gasteiger charge is 2.66. The van der Waals surface area contributed by atoms with E-state index in [4.69, 9.17) is 16.3 Å². The lowest BCUT2D eigenvalue weighted by atomic mass is 9.78. The molecule has 126 valence electrons. The van der Waals surface area contributed by atoms with E-state index in [0.29, 0.717) is 0 Å². The molecule has 8 heteroatoms. The summed E-state index contributed by atoms with van der Waals surface area (Å²) < 4.78 is 44.5. The van der Waals surface area contributed by atoms with Gasteiger partial charge in [-0.3, -0.25) is 9.59 Å². The topological polar surface area (TPSA) is 46.6 Å². The maximum atomic E-state index is 12.9. The SMILES string of the molecule is C[C@]12C=C[C@H](O1)[C@@H]1C(=O)N(c3cc(C(F)(F)F)ccc3Cl)C(=O)[C@@H]12. The van der Waals surface area contributed by atoms with Crippen LogP contribution in [-0.2, 0) is 20.5 Å². The molecule has 3 aliphatic heterocycles. The van der Waals surface area contributed by atoms with E-state index >= 15 is 0 Å². The third-order valence-corrected chi connectivity index (χ3v) is 5.16. The zero-order valence-corrected chi connectivity index (χ0v) is 13.1. The molecule has 0 spiro atoms. The Labute approximate surface area is 139 Å². The van der Waals surface area contributed by atoms with Gasteiger partial charge in [0.25, 0.3) is 0 Å². The molecule has 4 rings (SSSR count). The lowest BCUT2D eigenvalue weighted by Crippen LogP contribution is -2.38. The van der Waals surface area contributed by atoms with Crippen molar-refractivity contribution < 1.29 is 27.5 Å². The highest BCUT2D eigenvalue weighted by Crippen LogP contribution is 2.53. The summed E-state index contributed by atoms with van der Waals surface area (Å²) in [5.41, 5.74) is -2.12. The third-order valence-electron chi connectivity index (χ3n) is 4.84. The van der Waals surface area contributed by atoms with Crippen LogP contribution in [0.15, 0.2) is 30.4 Å². The molecule has 1 aromatic carbocycles. The predicted octanol–water partition coefficient (Wildman–Crippen LogP) is 3.19. The van der Waals surface area contributed by atoms with E-state index in [1.807, 2.05) is 0 Å². The minimum atomic E-state index is -4.60. The lowest BCUT2D eigenvalue weighted by molar-refractivity contribution is -0.137. The lowest BCUT2D eigenvalue weighted by Gasteiger charge is -2.24. The second kappa shape index (κ2) is 4.61. The Morgan fingerprint density at radius 3 is 2.58 bits per heavy atom. The molecule has 2 fully saturated rings. The van der Waals surface area contributed by atoms with Crippen molar-refractivity contribution in [3.63, 3.8) is 0 Å². The van der Waals surface area contributed by atoms with Crippen LogP contribution in [0.5, 0.6) is 0 Å². The first-order valence-corrected chi connectivity index (χ1v) is 7.63. The van der Waals surface area contributed by atoms with Crippen molar-refractivity contribution in [3.05, 3.63) is 40.9 Å². The van der Waals surface area contributed by atoms with Gasteiger partial charge in [0, 0.05) is 0 Å². The molecule has 4 nitrogen and oxygen atoms in total. The van der Waals surface area contributed by atoms with Crippen molar-refractivity contribution in [2.75, 3.05) is 4.90 Å². The number of hydrogen-bond acceptors (Lipinski definition) is 3. The highest BCUT2D eigenvalue weighted by atomic mass is 35.5. The van der Waals surface area contributed by atoms with Gasteiger partial charge >= 0.3 is 6.18 Å². The monoisotopic (exact) mass is 357 g/mol. The van der Waals surface area contributed by atoms with Crippen LogP contribution >= 0.6 is 11.6 Å². The molecule has 0 unspecified atom stereocenters. The van der Waals surface area contributed by atoms with Crippen LogP contribution in [-0.4, -0.2) is 23.5 Å². The number of nitrogens with zero attached hydrogens (tertiary/aromatic N) is 1. The fourth-order valence-corrected chi connectivity index (χ4v) is 3.95. The molecule has 2 saturated heterocycles. The normalized spacial score (nSPS) is 34.4. The number of ether oxygens (including phenoxy) is 1. The van der Waals surface area contributed by atoms with Crippen LogP contribution < -0.4 is 4.90 Å². The minimum Gasteiger partial charge on any atom is -0.362 e. The Kier molecular flexibility index (Phi) is 3.01. The smallest absolute Gasteiger partial charge is 0.362 e. The van der Waals surface area contributed by atoms with Crippen molar-refractivity contribution in [2.45, 2.75) is 24.8 Å². The van der Waals surface area contributed by atoms with Crippen LogP contribution in [0, 0.1) is 11.8 Å². The van der Waals surface area contributed by atoms with Crippen LogP contribution in [0.3, 0.4) is 0 Å². The Hall–Kier alpha value is -1.86. The summed E-state index contributed by atoms with van der Waals surface area (Å²) >= 11 is 5.98. The van der Waals surface area contributed by atoms with E-state index in [1.54, 1.807) is 19.1 Å². The summed E-state index contributed by atoms with van der Waals surface area (Å²) in [5, 5.41) is -0.0870. The number of carbonyl (C=O) groups excluding carboxylic acids is 2. The average molecular weight is 358 g/mol. The van der Waals surface area contributed by atoms with Gasteiger partial charge in [-0.1, -0.05) is 23.8 Å². The van der Waals surface area contributed by atoms with Crippen LogP contribution in [0.25, 0.3) is 0 Å².